The van der Waals surface area contributed by atoms with Crippen molar-refractivity contribution < 1.29 is 4.79 Å². The van der Waals surface area contributed by atoms with Crippen molar-refractivity contribution in [3.05, 3.63) is 51.5 Å². The Morgan fingerprint density at radius 1 is 1.15 bits per heavy atom. The normalized spacial score (nSPS) is 15.4. The first-order valence-electron chi connectivity index (χ1n) is 9.63. The van der Waals surface area contributed by atoms with E-state index < -0.39 is 0 Å². The number of carbonyl (C=O) groups is 1. The molecule has 0 unspecified atom stereocenters. The monoisotopic (exact) mass is 371 g/mol. The molecule has 2 heterocycles. The number of aromatic nitrogens is 1. The van der Waals surface area contributed by atoms with Crippen LogP contribution in [-0.4, -0.2) is 46.9 Å². The number of carbonyl (C=O) groups excluding carboxylic acids is 1. The highest BCUT2D eigenvalue weighted by atomic mass is 32.1. The average molecular weight is 372 g/mol. The largest absolute Gasteiger partial charge is 0.340 e. The van der Waals surface area contributed by atoms with Crippen LogP contribution >= 0.6 is 11.3 Å². The van der Waals surface area contributed by atoms with Crippen LogP contribution in [0.25, 0.3) is 0 Å². The molecule has 1 amide bonds. The number of piperazine rings is 1. The van der Waals surface area contributed by atoms with Gasteiger partial charge < -0.3 is 4.90 Å². The van der Waals surface area contributed by atoms with Gasteiger partial charge in [0.1, 0.15) is 0 Å². The molecule has 5 heteroatoms. The minimum atomic E-state index is 0.240. The lowest BCUT2D eigenvalue weighted by Gasteiger charge is -2.34. The number of aryl methyl sites for hydroxylation is 2. The van der Waals surface area contributed by atoms with Gasteiger partial charge in [-0.05, 0) is 25.3 Å². The van der Waals surface area contributed by atoms with Crippen molar-refractivity contribution in [1.29, 1.82) is 0 Å². The molecular weight excluding hydrogens is 342 g/mol. The number of unbranched alkanes of at least 4 members (excludes halogenated alkanes) is 1. The number of hydrogen-bond acceptors (Lipinski definition) is 4. The van der Waals surface area contributed by atoms with Gasteiger partial charge in [0.25, 0.3) is 0 Å². The van der Waals surface area contributed by atoms with Gasteiger partial charge in [-0.1, -0.05) is 43.2 Å². The van der Waals surface area contributed by atoms with E-state index in [0.717, 1.165) is 44.7 Å². The number of amides is 1. The molecule has 1 saturated heterocycles. The summed E-state index contributed by atoms with van der Waals surface area (Å²) in [6.45, 7) is 8.69. The summed E-state index contributed by atoms with van der Waals surface area (Å²) < 4.78 is 0. The van der Waals surface area contributed by atoms with Gasteiger partial charge in [-0.25, -0.2) is 4.98 Å². The van der Waals surface area contributed by atoms with Gasteiger partial charge in [-0.3, -0.25) is 9.69 Å². The Labute approximate surface area is 160 Å². The summed E-state index contributed by atoms with van der Waals surface area (Å²) >= 11 is 1.78. The smallest absolute Gasteiger partial charge is 0.227 e. The molecule has 0 N–H and O–H groups in total. The highest BCUT2D eigenvalue weighted by Crippen LogP contribution is 2.16. The molecular formula is C21H29N3OS. The molecule has 0 radical (unpaired) electrons. The molecule has 4 nitrogen and oxygen atoms in total. The van der Waals surface area contributed by atoms with Crippen molar-refractivity contribution in [3.63, 3.8) is 0 Å². The fourth-order valence-corrected chi connectivity index (χ4v) is 4.07. The zero-order valence-corrected chi connectivity index (χ0v) is 16.7. The second-order valence-electron chi connectivity index (χ2n) is 7.16. The van der Waals surface area contributed by atoms with Crippen LogP contribution in [0.2, 0.25) is 0 Å². The number of rotatable bonds is 7. The summed E-state index contributed by atoms with van der Waals surface area (Å²) in [5.41, 5.74) is 3.51. The molecule has 1 aliphatic heterocycles. The van der Waals surface area contributed by atoms with E-state index in [0.29, 0.717) is 6.42 Å². The Bertz CT molecular complexity index is 702. The number of thiazole rings is 1. The third kappa shape index (κ3) is 5.39. The van der Waals surface area contributed by atoms with E-state index in [9.17, 15) is 4.79 Å². The molecule has 1 aromatic heterocycles. The van der Waals surface area contributed by atoms with Crippen LogP contribution in [0.5, 0.6) is 0 Å². The molecule has 0 spiro atoms. The third-order valence-electron chi connectivity index (χ3n) is 4.93. The van der Waals surface area contributed by atoms with Crippen LogP contribution in [0.3, 0.4) is 0 Å². The Morgan fingerprint density at radius 2 is 1.88 bits per heavy atom. The van der Waals surface area contributed by atoms with Crippen LogP contribution in [0.4, 0.5) is 0 Å². The van der Waals surface area contributed by atoms with Crippen molar-refractivity contribution in [2.24, 2.45) is 0 Å². The molecule has 0 aliphatic carbocycles. The maximum Gasteiger partial charge on any atom is 0.227 e. The van der Waals surface area contributed by atoms with Crippen molar-refractivity contribution in [3.8, 4) is 0 Å². The SMILES string of the molecule is CCCCc1nc(CN2CCN(C(=O)Cc3ccc(C)cc3)CC2)cs1. The van der Waals surface area contributed by atoms with Crippen LogP contribution < -0.4 is 0 Å². The molecule has 3 rings (SSSR count). The molecule has 2 aromatic rings. The molecule has 1 aliphatic rings. The van der Waals surface area contributed by atoms with Crippen molar-refractivity contribution in [2.75, 3.05) is 26.2 Å². The number of benzene rings is 1. The molecule has 1 fully saturated rings. The lowest BCUT2D eigenvalue weighted by atomic mass is 10.1. The fourth-order valence-electron chi connectivity index (χ4n) is 3.24. The third-order valence-corrected chi connectivity index (χ3v) is 5.89. The van der Waals surface area contributed by atoms with E-state index >= 15 is 0 Å². The molecule has 0 bridgehead atoms. The van der Waals surface area contributed by atoms with E-state index in [-0.39, 0.29) is 5.91 Å². The summed E-state index contributed by atoms with van der Waals surface area (Å²) in [7, 11) is 0. The summed E-state index contributed by atoms with van der Waals surface area (Å²) in [5.74, 6) is 0.240. The summed E-state index contributed by atoms with van der Waals surface area (Å²) in [6, 6.07) is 8.26. The number of nitrogens with zero attached hydrogens (tertiary/aromatic N) is 3. The fraction of sp³-hybridized carbons (Fsp3) is 0.524. The predicted molar refractivity (Wildman–Crippen MR) is 107 cm³/mol. The highest BCUT2D eigenvalue weighted by molar-refractivity contribution is 7.09. The first-order chi connectivity index (χ1) is 12.6. The van der Waals surface area contributed by atoms with Gasteiger partial charge >= 0.3 is 0 Å². The summed E-state index contributed by atoms with van der Waals surface area (Å²) in [4.78, 5) is 21.7. The predicted octanol–water partition coefficient (Wildman–Crippen LogP) is 3.68. The van der Waals surface area contributed by atoms with E-state index in [1.54, 1.807) is 11.3 Å². The zero-order chi connectivity index (χ0) is 18.4. The minimum Gasteiger partial charge on any atom is -0.340 e. The molecule has 0 atom stereocenters. The van der Waals surface area contributed by atoms with E-state index in [1.807, 2.05) is 4.90 Å². The van der Waals surface area contributed by atoms with Gasteiger partial charge in [0.2, 0.25) is 5.91 Å². The number of hydrogen-bond donors (Lipinski definition) is 0. The second-order valence-corrected chi connectivity index (χ2v) is 8.10. The van der Waals surface area contributed by atoms with Gasteiger partial charge in [0.15, 0.2) is 0 Å². The van der Waals surface area contributed by atoms with Gasteiger partial charge in [-0.2, -0.15) is 0 Å². The molecule has 140 valence electrons. The Hall–Kier alpha value is -1.72. The molecule has 0 saturated carbocycles. The van der Waals surface area contributed by atoms with E-state index in [1.165, 1.54) is 29.1 Å². The standard InChI is InChI=1S/C21H29N3OS/c1-3-4-5-20-22-19(16-26-20)15-23-10-12-24(13-11-23)21(25)14-18-8-6-17(2)7-9-18/h6-9,16H,3-5,10-15H2,1-2H3. The van der Waals surface area contributed by atoms with Gasteiger partial charge in [0, 0.05) is 38.1 Å². The quantitative estimate of drug-likeness (QED) is 0.745. The summed E-state index contributed by atoms with van der Waals surface area (Å²) in [5, 5.41) is 3.45. The Kier molecular flexibility index (Phi) is 6.80. The Balaban J connectivity index is 1.44. The highest BCUT2D eigenvalue weighted by Gasteiger charge is 2.21. The van der Waals surface area contributed by atoms with E-state index in [4.69, 9.17) is 4.98 Å². The lowest BCUT2D eigenvalue weighted by Crippen LogP contribution is -2.48. The van der Waals surface area contributed by atoms with Crippen molar-refractivity contribution in [1.82, 2.24) is 14.8 Å². The zero-order valence-electron chi connectivity index (χ0n) is 15.9. The van der Waals surface area contributed by atoms with Crippen molar-refractivity contribution in [2.45, 2.75) is 46.1 Å². The maximum atomic E-state index is 12.5. The van der Waals surface area contributed by atoms with Crippen LogP contribution in [0.15, 0.2) is 29.6 Å². The maximum absolute atomic E-state index is 12.5. The lowest BCUT2D eigenvalue weighted by molar-refractivity contribution is -0.132. The second kappa shape index (κ2) is 9.28. The van der Waals surface area contributed by atoms with Crippen LogP contribution in [-0.2, 0) is 24.2 Å². The molecule has 26 heavy (non-hydrogen) atoms. The topological polar surface area (TPSA) is 36.4 Å². The minimum absolute atomic E-state index is 0.240. The van der Waals surface area contributed by atoms with Crippen LogP contribution in [0, 0.1) is 6.92 Å². The summed E-state index contributed by atoms with van der Waals surface area (Å²) in [6.07, 6.45) is 4.04. The van der Waals surface area contributed by atoms with Gasteiger partial charge in [0.05, 0.1) is 17.1 Å². The first kappa shape index (κ1) is 19.1. The molecule has 1 aromatic carbocycles. The van der Waals surface area contributed by atoms with Gasteiger partial charge in [-0.15, -0.1) is 11.3 Å². The average Bonchev–Trinajstić information content (AvgIpc) is 3.10. The van der Waals surface area contributed by atoms with Crippen LogP contribution in [0.1, 0.15) is 41.6 Å². The first-order valence-corrected chi connectivity index (χ1v) is 10.5. The van der Waals surface area contributed by atoms with Crippen molar-refractivity contribution >= 4 is 17.2 Å². The van der Waals surface area contributed by atoms with E-state index in [2.05, 4.69) is 48.4 Å². The Morgan fingerprint density at radius 3 is 2.58 bits per heavy atom.